The zero-order chi connectivity index (χ0) is 13.7. The Balaban J connectivity index is 1.82. The Morgan fingerprint density at radius 1 is 1.42 bits per heavy atom. The molecule has 5 nitrogen and oxygen atoms in total. The van der Waals surface area contributed by atoms with Crippen molar-refractivity contribution in [1.82, 2.24) is 20.2 Å². The Morgan fingerprint density at radius 2 is 2.16 bits per heavy atom. The van der Waals surface area contributed by atoms with E-state index in [0.717, 1.165) is 25.9 Å². The van der Waals surface area contributed by atoms with Gasteiger partial charge in [-0.15, -0.1) is 0 Å². The van der Waals surface area contributed by atoms with Crippen LogP contribution in [0, 0.1) is 0 Å². The smallest absolute Gasteiger partial charge is 0.271 e. The molecule has 1 amide bonds. The van der Waals surface area contributed by atoms with Gasteiger partial charge in [0, 0.05) is 25.7 Å². The highest BCUT2D eigenvalue weighted by Gasteiger charge is 2.21. The van der Waals surface area contributed by atoms with Gasteiger partial charge in [0.05, 0.1) is 12.4 Å². The van der Waals surface area contributed by atoms with Gasteiger partial charge in [-0.25, -0.2) is 14.4 Å². The van der Waals surface area contributed by atoms with Crippen LogP contribution in [0.15, 0.2) is 12.4 Å². The molecule has 7 heteroatoms. The van der Waals surface area contributed by atoms with Gasteiger partial charge in [-0.1, -0.05) is 11.6 Å². The van der Waals surface area contributed by atoms with Crippen LogP contribution in [-0.2, 0) is 0 Å². The number of amides is 1. The van der Waals surface area contributed by atoms with Crippen LogP contribution >= 0.6 is 11.6 Å². The predicted molar refractivity (Wildman–Crippen MR) is 69.9 cm³/mol. The van der Waals surface area contributed by atoms with Crippen LogP contribution in [-0.4, -0.2) is 53.1 Å². The molecule has 1 N–H and O–H groups in total. The fourth-order valence-electron chi connectivity index (χ4n) is 2.11. The van der Waals surface area contributed by atoms with Crippen molar-refractivity contribution in [1.29, 1.82) is 0 Å². The van der Waals surface area contributed by atoms with Crippen LogP contribution in [0.2, 0.25) is 5.15 Å². The maximum Gasteiger partial charge on any atom is 0.271 e. The van der Waals surface area contributed by atoms with Crippen molar-refractivity contribution in [2.75, 3.05) is 26.3 Å². The lowest BCUT2D eigenvalue weighted by Crippen LogP contribution is -2.45. The zero-order valence-electron chi connectivity index (χ0n) is 10.5. The van der Waals surface area contributed by atoms with Crippen molar-refractivity contribution >= 4 is 17.5 Å². The summed E-state index contributed by atoms with van der Waals surface area (Å²) >= 11 is 5.61. The van der Waals surface area contributed by atoms with Crippen LogP contribution in [0.1, 0.15) is 23.3 Å². The number of halogens is 2. The van der Waals surface area contributed by atoms with Gasteiger partial charge >= 0.3 is 0 Å². The second-order valence-electron chi connectivity index (χ2n) is 4.50. The van der Waals surface area contributed by atoms with Crippen molar-refractivity contribution in [2.45, 2.75) is 18.9 Å². The van der Waals surface area contributed by atoms with E-state index in [1.54, 1.807) is 0 Å². The standard InChI is InChI=1S/C12H16ClFN4O/c13-11-8-15-10(7-16-11)12(19)17-9-1-4-18(5-2-9)6-3-14/h7-9H,1-6H2,(H,17,19). The second kappa shape index (κ2) is 6.77. The van der Waals surface area contributed by atoms with Crippen LogP contribution in [0.3, 0.4) is 0 Å². The molecule has 104 valence electrons. The quantitative estimate of drug-likeness (QED) is 0.906. The Hall–Kier alpha value is -1.27. The first-order valence-corrected chi connectivity index (χ1v) is 6.63. The van der Waals surface area contributed by atoms with E-state index < -0.39 is 0 Å². The molecule has 19 heavy (non-hydrogen) atoms. The van der Waals surface area contributed by atoms with Crippen molar-refractivity contribution in [3.05, 3.63) is 23.2 Å². The molecule has 2 rings (SSSR count). The third kappa shape index (κ3) is 4.11. The highest BCUT2D eigenvalue weighted by Crippen LogP contribution is 2.11. The largest absolute Gasteiger partial charge is 0.348 e. The summed E-state index contributed by atoms with van der Waals surface area (Å²) in [7, 11) is 0. The van der Waals surface area contributed by atoms with Crippen LogP contribution in [0.4, 0.5) is 4.39 Å². The van der Waals surface area contributed by atoms with Crippen molar-refractivity contribution in [3.8, 4) is 0 Å². The van der Waals surface area contributed by atoms with Gasteiger partial charge in [0.25, 0.3) is 5.91 Å². The Morgan fingerprint density at radius 3 is 2.74 bits per heavy atom. The lowest BCUT2D eigenvalue weighted by molar-refractivity contribution is 0.0903. The summed E-state index contributed by atoms with van der Waals surface area (Å²) in [5, 5.41) is 3.17. The van der Waals surface area contributed by atoms with E-state index in [1.807, 2.05) is 0 Å². The van der Waals surface area contributed by atoms with Gasteiger partial charge in [-0.05, 0) is 12.8 Å². The van der Waals surface area contributed by atoms with Crippen LogP contribution in [0.25, 0.3) is 0 Å². The minimum atomic E-state index is -0.322. The number of aromatic nitrogens is 2. The first-order valence-electron chi connectivity index (χ1n) is 6.26. The van der Waals surface area contributed by atoms with E-state index >= 15 is 0 Å². The van der Waals surface area contributed by atoms with Crippen LogP contribution < -0.4 is 5.32 Å². The monoisotopic (exact) mass is 286 g/mol. The van der Waals surface area contributed by atoms with Crippen molar-refractivity contribution in [3.63, 3.8) is 0 Å². The number of nitrogens with one attached hydrogen (secondary N) is 1. The number of hydrogen-bond acceptors (Lipinski definition) is 4. The summed E-state index contributed by atoms with van der Waals surface area (Å²) in [4.78, 5) is 21.7. The Kier molecular flexibility index (Phi) is 5.04. The molecule has 1 aromatic rings. The predicted octanol–water partition coefficient (Wildman–Crippen LogP) is 1.29. The topological polar surface area (TPSA) is 58.1 Å². The number of carbonyl (C=O) groups is 1. The molecular weight excluding hydrogens is 271 g/mol. The second-order valence-corrected chi connectivity index (χ2v) is 4.89. The molecule has 0 radical (unpaired) electrons. The van der Waals surface area contributed by atoms with E-state index in [9.17, 15) is 9.18 Å². The van der Waals surface area contributed by atoms with Gasteiger partial charge in [0.15, 0.2) is 0 Å². The summed E-state index contributed by atoms with van der Waals surface area (Å²) in [6.45, 7) is 1.77. The first kappa shape index (κ1) is 14.1. The number of carbonyl (C=O) groups excluding carboxylic acids is 1. The minimum absolute atomic E-state index is 0.112. The molecule has 1 aliphatic rings. The minimum Gasteiger partial charge on any atom is -0.348 e. The molecule has 0 spiro atoms. The molecule has 0 aliphatic carbocycles. The average Bonchev–Trinajstić information content (AvgIpc) is 2.42. The van der Waals surface area contributed by atoms with Gasteiger partial charge in [0.2, 0.25) is 0 Å². The SMILES string of the molecule is O=C(NC1CCN(CCF)CC1)c1cnc(Cl)cn1. The highest BCUT2D eigenvalue weighted by molar-refractivity contribution is 6.29. The number of likely N-dealkylation sites (tertiary alicyclic amines) is 1. The van der Waals surface area contributed by atoms with Gasteiger partial charge < -0.3 is 10.2 Å². The highest BCUT2D eigenvalue weighted by atomic mass is 35.5. The summed E-state index contributed by atoms with van der Waals surface area (Å²) in [6, 6.07) is 0.112. The Labute approximate surface area is 116 Å². The maximum absolute atomic E-state index is 12.2. The first-order chi connectivity index (χ1) is 9.19. The molecule has 0 aromatic carbocycles. The molecule has 0 unspecified atom stereocenters. The molecule has 0 bridgehead atoms. The average molecular weight is 287 g/mol. The van der Waals surface area contributed by atoms with Crippen LogP contribution in [0.5, 0.6) is 0 Å². The molecule has 1 fully saturated rings. The third-order valence-corrected chi connectivity index (χ3v) is 3.37. The van der Waals surface area contributed by atoms with Crippen molar-refractivity contribution < 1.29 is 9.18 Å². The molecule has 0 atom stereocenters. The number of hydrogen-bond donors (Lipinski definition) is 1. The number of rotatable bonds is 4. The van der Waals surface area contributed by atoms with E-state index in [-0.39, 0.29) is 29.5 Å². The molecule has 1 saturated heterocycles. The molecule has 2 heterocycles. The maximum atomic E-state index is 12.2. The van der Waals surface area contributed by atoms with E-state index in [1.165, 1.54) is 12.4 Å². The van der Waals surface area contributed by atoms with E-state index in [2.05, 4.69) is 20.2 Å². The summed E-state index contributed by atoms with van der Waals surface area (Å²) in [6.07, 6.45) is 4.36. The normalized spacial score (nSPS) is 17.4. The van der Waals surface area contributed by atoms with Crippen molar-refractivity contribution in [2.24, 2.45) is 0 Å². The summed E-state index contributed by atoms with van der Waals surface area (Å²) in [5.74, 6) is -0.242. The lowest BCUT2D eigenvalue weighted by Gasteiger charge is -2.31. The Bertz CT molecular complexity index is 420. The number of nitrogens with zero attached hydrogens (tertiary/aromatic N) is 3. The summed E-state index contributed by atoms with van der Waals surface area (Å²) < 4.78 is 12.2. The number of piperidine rings is 1. The fraction of sp³-hybridized carbons (Fsp3) is 0.583. The van der Waals surface area contributed by atoms with E-state index in [0.29, 0.717) is 6.54 Å². The molecule has 0 saturated carbocycles. The molecule has 1 aliphatic heterocycles. The molecule has 1 aromatic heterocycles. The zero-order valence-corrected chi connectivity index (χ0v) is 11.2. The van der Waals surface area contributed by atoms with Gasteiger partial charge in [-0.2, -0.15) is 0 Å². The van der Waals surface area contributed by atoms with Gasteiger partial charge in [0.1, 0.15) is 17.5 Å². The third-order valence-electron chi connectivity index (χ3n) is 3.18. The number of alkyl halides is 1. The summed E-state index contributed by atoms with van der Waals surface area (Å²) in [5.41, 5.74) is 0.260. The van der Waals surface area contributed by atoms with Gasteiger partial charge in [-0.3, -0.25) is 4.79 Å². The lowest BCUT2D eigenvalue weighted by atomic mass is 10.0. The molecular formula is C12H16ClFN4O. The fourth-order valence-corrected chi connectivity index (χ4v) is 2.21. The van der Waals surface area contributed by atoms with E-state index in [4.69, 9.17) is 11.6 Å².